The fourth-order valence-corrected chi connectivity index (χ4v) is 1.64. The van der Waals surface area contributed by atoms with E-state index in [0.717, 1.165) is 10.6 Å². The number of nitrogens with zero attached hydrogens (tertiary/aromatic N) is 1. The molecule has 0 saturated carbocycles. The standard InChI is InChI=1S/C10H8F2N2O/c1-14-6-4-2-3-5(11)7(6)8(9(14)12)10(13)15/h2-4H,1H3,(H2,13,15). The third kappa shape index (κ3) is 1.20. The van der Waals surface area contributed by atoms with Gasteiger partial charge in [-0.1, -0.05) is 6.07 Å². The molecule has 3 nitrogen and oxygen atoms in total. The lowest BCUT2D eigenvalue weighted by atomic mass is 10.1. The average Bonchev–Trinajstić information content (AvgIpc) is 2.43. The van der Waals surface area contributed by atoms with Gasteiger partial charge in [0, 0.05) is 7.05 Å². The Morgan fingerprint density at radius 2 is 2.07 bits per heavy atom. The topological polar surface area (TPSA) is 48.0 Å². The highest BCUT2D eigenvalue weighted by molar-refractivity contribution is 6.06. The van der Waals surface area contributed by atoms with Crippen molar-refractivity contribution in [1.29, 1.82) is 0 Å². The molecule has 0 aliphatic heterocycles. The van der Waals surface area contributed by atoms with Crippen LogP contribution in [0.4, 0.5) is 8.78 Å². The molecule has 0 spiro atoms. The number of aromatic nitrogens is 1. The maximum atomic E-state index is 13.5. The number of nitrogens with two attached hydrogens (primary N) is 1. The summed E-state index contributed by atoms with van der Waals surface area (Å²) in [6.07, 6.45) is 0. The van der Waals surface area contributed by atoms with Gasteiger partial charge in [-0.15, -0.1) is 0 Å². The van der Waals surface area contributed by atoms with Gasteiger partial charge >= 0.3 is 0 Å². The van der Waals surface area contributed by atoms with Gasteiger partial charge in [0.15, 0.2) is 0 Å². The van der Waals surface area contributed by atoms with Gasteiger partial charge in [0.25, 0.3) is 5.91 Å². The fraction of sp³-hybridized carbons (Fsp3) is 0.100. The van der Waals surface area contributed by atoms with Crippen molar-refractivity contribution in [3.8, 4) is 0 Å². The number of carbonyl (C=O) groups excluding carboxylic acids is 1. The minimum absolute atomic E-state index is 0.0648. The van der Waals surface area contributed by atoms with Crippen LogP contribution < -0.4 is 5.73 Å². The van der Waals surface area contributed by atoms with Crippen LogP contribution in [-0.2, 0) is 7.05 Å². The zero-order valence-corrected chi connectivity index (χ0v) is 7.92. The highest BCUT2D eigenvalue weighted by atomic mass is 19.1. The van der Waals surface area contributed by atoms with Crippen LogP contribution in [0.3, 0.4) is 0 Å². The zero-order chi connectivity index (χ0) is 11.2. The number of rotatable bonds is 1. The first-order valence-corrected chi connectivity index (χ1v) is 4.26. The van der Waals surface area contributed by atoms with Crippen LogP contribution in [0.1, 0.15) is 10.4 Å². The summed E-state index contributed by atoms with van der Waals surface area (Å²) in [6.45, 7) is 0. The monoisotopic (exact) mass is 210 g/mol. The largest absolute Gasteiger partial charge is 0.365 e. The number of amides is 1. The number of hydrogen-bond donors (Lipinski definition) is 1. The predicted molar refractivity (Wildman–Crippen MR) is 51.4 cm³/mol. The van der Waals surface area contributed by atoms with Crippen LogP contribution in [0.15, 0.2) is 18.2 Å². The summed E-state index contributed by atoms with van der Waals surface area (Å²) in [5.74, 6) is -2.44. The molecule has 0 aliphatic rings. The van der Waals surface area contributed by atoms with Gasteiger partial charge in [0.2, 0.25) is 5.95 Å². The van der Waals surface area contributed by atoms with Crippen molar-refractivity contribution < 1.29 is 13.6 Å². The summed E-state index contributed by atoms with van der Waals surface area (Å²) in [5.41, 5.74) is 4.91. The maximum absolute atomic E-state index is 13.5. The Morgan fingerprint density at radius 1 is 1.40 bits per heavy atom. The Kier molecular flexibility index (Phi) is 1.96. The van der Waals surface area contributed by atoms with Crippen LogP contribution in [0, 0.1) is 11.8 Å². The number of hydrogen-bond acceptors (Lipinski definition) is 1. The van der Waals surface area contributed by atoms with E-state index in [1.807, 2.05) is 0 Å². The van der Waals surface area contributed by atoms with Crippen LogP contribution in [0.5, 0.6) is 0 Å². The Bertz CT molecular complexity index is 560. The van der Waals surface area contributed by atoms with Crippen molar-refractivity contribution in [1.82, 2.24) is 4.57 Å². The SMILES string of the molecule is Cn1c(F)c(C(N)=O)c2c(F)cccc21. The third-order valence-corrected chi connectivity index (χ3v) is 2.35. The van der Waals surface area contributed by atoms with Gasteiger partial charge in [-0.2, -0.15) is 4.39 Å². The van der Waals surface area contributed by atoms with Crippen molar-refractivity contribution in [2.75, 3.05) is 0 Å². The van der Waals surface area contributed by atoms with E-state index in [0.29, 0.717) is 5.52 Å². The van der Waals surface area contributed by atoms with E-state index in [4.69, 9.17) is 5.73 Å². The Hall–Kier alpha value is -1.91. The molecule has 0 unspecified atom stereocenters. The van der Waals surface area contributed by atoms with Gasteiger partial charge in [-0.05, 0) is 12.1 Å². The lowest BCUT2D eigenvalue weighted by molar-refractivity contribution is 0.0997. The first-order chi connectivity index (χ1) is 7.04. The molecule has 0 aliphatic carbocycles. The molecule has 15 heavy (non-hydrogen) atoms. The van der Waals surface area contributed by atoms with Gasteiger partial charge in [-0.3, -0.25) is 4.79 Å². The number of halogens is 2. The maximum Gasteiger partial charge on any atom is 0.254 e. The molecule has 2 N–H and O–H groups in total. The molecule has 2 rings (SSSR count). The highest BCUT2D eigenvalue weighted by Crippen LogP contribution is 2.26. The Morgan fingerprint density at radius 3 is 2.67 bits per heavy atom. The molecule has 1 aromatic carbocycles. The molecule has 1 heterocycles. The van der Waals surface area contributed by atoms with E-state index in [2.05, 4.69) is 0 Å². The smallest absolute Gasteiger partial charge is 0.254 e. The lowest BCUT2D eigenvalue weighted by Gasteiger charge is -1.95. The second kappa shape index (κ2) is 3.05. The number of benzene rings is 1. The molecule has 0 bridgehead atoms. The highest BCUT2D eigenvalue weighted by Gasteiger charge is 2.21. The van der Waals surface area contributed by atoms with E-state index in [-0.39, 0.29) is 5.39 Å². The Labute approximate surface area is 84.1 Å². The van der Waals surface area contributed by atoms with Crippen LogP contribution in [0.25, 0.3) is 10.9 Å². The molecule has 78 valence electrons. The number of fused-ring (bicyclic) bond motifs is 1. The molecule has 0 saturated heterocycles. The molecular weight excluding hydrogens is 202 g/mol. The first-order valence-electron chi connectivity index (χ1n) is 4.26. The van der Waals surface area contributed by atoms with Gasteiger partial charge < -0.3 is 10.3 Å². The van der Waals surface area contributed by atoms with Crippen molar-refractivity contribution in [2.24, 2.45) is 12.8 Å². The minimum Gasteiger partial charge on any atom is -0.365 e. The van der Waals surface area contributed by atoms with Gasteiger partial charge in [0.05, 0.1) is 10.9 Å². The summed E-state index contributed by atoms with van der Waals surface area (Å²) in [4.78, 5) is 11.0. The molecule has 0 radical (unpaired) electrons. The second-order valence-electron chi connectivity index (χ2n) is 3.22. The van der Waals surface area contributed by atoms with Crippen molar-refractivity contribution in [3.05, 3.63) is 35.5 Å². The molecule has 1 aromatic heterocycles. The van der Waals surface area contributed by atoms with E-state index in [1.54, 1.807) is 0 Å². The molecule has 2 aromatic rings. The van der Waals surface area contributed by atoms with Crippen molar-refractivity contribution in [3.63, 3.8) is 0 Å². The number of aryl methyl sites for hydroxylation is 1. The molecule has 0 fully saturated rings. The van der Waals surface area contributed by atoms with E-state index in [9.17, 15) is 13.6 Å². The predicted octanol–water partition coefficient (Wildman–Crippen LogP) is 1.56. The molecule has 5 heteroatoms. The number of carbonyl (C=O) groups is 1. The van der Waals surface area contributed by atoms with E-state index in [1.165, 1.54) is 19.2 Å². The summed E-state index contributed by atoms with van der Waals surface area (Å²) >= 11 is 0. The molecule has 0 atom stereocenters. The third-order valence-electron chi connectivity index (χ3n) is 2.35. The summed E-state index contributed by atoms with van der Waals surface area (Å²) in [7, 11) is 1.41. The quantitative estimate of drug-likeness (QED) is 0.762. The molecular formula is C10H8F2N2O. The summed E-state index contributed by atoms with van der Waals surface area (Å²) < 4.78 is 28.1. The van der Waals surface area contributed by atoms with Gasteiger partial charge in [-0.25, -0.2) is 4.39 Å². The first kappa shape index (κ1) is 9.64. The fourth-order valence-electron chi connectivity index (χ4n) is 1.64. The van der Waals surface area contributed by atoms with Crippen LogP contribution in [0.2, 0.25) is 0 Å². The normalized spacial score (nSPS) is 10.9. The summed E-state index contributed by atoms with van der Waals surface area (Å²) in [5, 5.41) is -0.0648. The van der Waals surface area contributed by atoms with E-state index >= 15 is 0 Å². The minimum atomic E-state index is -0.969. The van der Waals surface area contributed by atoms with Crippen LogP contribution in [-0.4, -0.2) is 10.5 Å². The average molecular weight is 210 g/mol. The van der Waals surface area contributed by atoms with E-state index < -0.39 is 23.2 Å². The molecule has 1 amide bonds. The number of primary amides is 1. The summed E-state index contributed by atoms with van der Waals surface area (Å²) in [6, 6.07) is 4.13. The van der Waals surface area contributed by atoms with Gasteiger partial charge in [0.1, 0.15) is 11.4 Å². The lowest BCUT2D eigenvalue weighted by Crippen LogP contribution is -2.13. The van der Waals surface area contributed by atoms with Crippen molar-refractivity contribution in [2.45, 2.75) is 0 Å². The van der Waals surface area contributed by atoms with Crippen LogP contribution >= 0.6 is 0 Å². The Balaban J connectivity index is 3.02. The van der Waals surface area contributed by atoms with Crippen molar-refractivity contribution >= 4 is 16.8 Å². The zero-order valence-electron chi connectivity index (χ0n) is 7.92. The second-order valence-corrected chi connectivity index (χ2v) is 3.22.